The number of aryl methyl sites for hydroxylation is 1. The SMILES string of the molecule is CCOCCCNC(=NCc1ccc(OC)cc1)NCCc1nnc2n1CCCCC2.I. The summed E-state index contributed by atoms with van der Waals surface area (Å²) in [5.74, 6) is 3.86. The predicted molar refractivity (Wildman–Crippen MR) is 138 cm³/mol. The molecule has 0 saturated carbocycles. The average Bonchev–Trinajstić information content (AvgIpc) is 3.02. The van der Waals surface area contributed by atoms with Gasteiger partial charge < -0.3 is 24.7 Å². The minimum atomic E-state index is 0. The van der Waals surface area contributed by atoms with E-state index in [4.69, 9.17) is 14.5 Å². The highest BCUT2D eigenvalue weighted by molar-refractivity contribution is 14.0. The second kappa shape index (κ2) is 15.0. The lowest BCUT2D eigenvalue weighted by atomic mass is 10.2. The summed E-state index contributed by atoms with van der Waals surface area (Å²) in [6.45, 7) is 6.73. The van der Waals surface area contributed by atoms with Crippen LogP contribution in [0.1, 0.15) is 49.8 Å². The lowest BCUT2D eigenvalue weighted by Crippen LogP contribution is -2.39. The van der Waals surface area contributed by atoms with Gasteiger partial charge >= 0.3 is 0 Å². The zero-order chi connectivity index (χ0) is 21.7. The van der Waals surface area contributed by atoms with E-state index in [9.17, 15) is 0 Å². The number of hydrogen-bond donors (Lipinski definition) is 2. The maximum Gasteiger partial charge on any atom is 0.191 e. The number of aliphatic imine (C=N–C) groups is 1. The van der Waals surface area contributed by atoms with Gasteiger partial charge in [-0.25, -0.2) is 4.99 Å². The average molecular weight is 556 g/mol. The van der Waals surface area contributed by atoms with E-state index in [0.29, 0.717) is 6.54 Å². The van der Waals surface area contributed by atoms with Gasteiger partial charge in [-0.3, -0.25) is 0 Å². The van der Waals surface area contributed by atoms with Crippen LogP contribution in [-0.2, 0) is 30.7 Å². The van der Waals surface area contributed by atoms with Gasteiger partial charge in [0.2, 0.25) is 0 Å². The van der Waals surface area contributed by atoms with Crippen molar-refractivity contribution < 1.29 is 9.47 Å². The molecule has 32 heavy (non-hydrogen) atoms. The molecule has 0 bridgehead atoms. The molecule has 1 aliphatic heterocycles. The van der Waals surface area contributed by atoms with Gasteiger partial charge in [-0.05, 0) is 43.9 Å². The number of guanidine groups is 1. The summed E-state index contributed by atoms with van der Waals surface area (Å²) >= 11 is 0. The summed E-state index contributed by atoms with van der Waals surface area (Å²) < 4.78 is 13.0. The van der Waals surface area contributed by atoms with Crippen molar-refractivity contribution >= 4 is 29.9 Å². The highest BCUT2D eigenvalue weighted by atomic mass is 127. The first-order chi connectivity index (χ1) is 15.3. The second-order valence-corrected chi connectivity index (χ2v) is 7.66. The Labute approximate surface area is 208 Å². The number of fused-ring (bicyclic) bond motifs is 1. The fourth-order valence-electron chi connectivity index (χ4n) is 3.62. The van der Waals surface area contributed by atoms with Gasteiger partial charge in [-0.15, -0.1) is 34.2 Å². The molecule has 0 atom stereocenters. The van der Waals surface area contributed by atoms with Crippen LogP contribution in [-0.4, -0.2) is 54.1 Å². The van der Waals surface area contributed by atoms with Crippen LogP contribution in [0.3, 0.4) is 0 Å². The van der Waals surface area contributed by atoms with Crippen LogP contribution in [0.5, 0.6) is 5.75 Å². The number of hydrogen-bond acceptors (Lipinski definition) is 5. The Bertz CT molecular complexity index is 809. The summed E-state index contributed by atoms with van der Waals surface area (Å²) in [4.78, 5) is 4.76. The van der Waals surface area contributed by atoms with Crippen molar-refractivity contribution in [1.82, 2.24) is 25.4 Å². The molecule has 0 spiro atoms. The first-order valence-electron chi connectivity index (χ1n) is 11.4. The van der Waals surface area contributed by atoms with Crippen LogP contribution in [0.15, 0.2) is 29.3 Å². The molecule has 0 radical (unpaired) electrons. The molecule has 3 rings (SSSR count). The van der Waals surface area contributed by atoms with Crippen molar-refractivity contribution in [3.8, 4) is 5.75 Å². The minimum Gasteiger partial charge on any atom is -0.497 e. The maximum absolute atomic E-state index is 5.43. The molecule has 1 aromatic heterocycles. The number of nitrogens with zero attached hydrogens (tertiary/aromatic N) is 4. The van der Waals surface area contributed by atoms with E-state index in [0.717, 1.165) is 81.0 Å². The fraction of sp³-hybridized carbons (Fsp3) is 0.609. The van der Waals surface area contributed by atoms with E-state index in [1.807, 2.05) is 31.2 Å². The van der Waals surface area contributed by atoms with Crippen LogP contribution < -0.4 is 15.4 Å². The quantitative estimate of drug-likeness (QED) is 0.191. The standard InChI is InChI=1S/C23H36N6O2.HI/c1-3-31-17-7-14-24-23(26-18-19-9-11-20(30-2)12-10-19)25-15-13-22-28-27-21-8-5-4-6-16-29(21)22;/h9-12H,3-8,13-18H2,1-2H3,(H2,24,25,26);1H. The van der Waals surface area contributed by atoms with E-state index >= 15 is 0 Å². The summed E-state index contributed by atoms with van der Waals surface area (Å²) in [5, 5.41) is 15.7. The molecule has 0 amide bonds. The Morgan fingerprint density at radius 1 is 1.09 bits per heavy atom. The summed E-state index contributed by atoms with van der Waals surface area (Å²) in [6, 6.07) is 8.01. The van der Waals surface area contributed by atoms with Crippen LogP contribution >= 0.6 is 24.0 Å². The number of nitrogens with one attached hydrogen (secondary N) is 2. The smallest absolute Gasteiger partial charge is 0.191 e. The Morgan fingerprint density at radius 2 is 1.91 bits per heavy atom. The third-order valence-corrected chi connectivity index (χ3v) is 5.37. The normalized spacial score (nSPS) is 13.6. The molecular weight excluding hydrogens is 519 g/mol. The van der Waals surface area contributed by atoms with E-state index in [1.165, 1.54) is 19.3 Å². The van der Waals surface area contributed by atoms with Gasteiger partial charge in [0, 0.05) is 45.7 Å². The molecule has 0 unspecified atom stereocenters. The van der Waals surface area contributed by atoms with E-state index in [1.54, 1.807) is 7.11 Å². The van der Waals surface area contributed by atoms with Crippen molar-refractivity contribution in [2.75, 3.05) is 33.4 Å². The van der Waals surface area contributed by atoms with Crippen LogP contribution in [0, 0.1) is 0 Å². The maximum atomic E-state index is 5.43. The molecule has 9 heteroatoms. The molecule has 0 saturated heterocycles. The molecule has 2 heterocycles. The van der Waals surface area contributed by atoms with E-state index in [2.05, 4.69) is 25.4 Å². The first kappa shape index (κ1) is 26.4. The van der Waals surface area contributed by atoms with Crippen molar-refractivity contribution in [2.45, 2.75) is 58.5 Å². The van der Waals surface area contributed by atoms with Gasteiger partial charge in [0.15, 0.2) is 5.96 Å². The molecule has 1 aromatic carbocycles. The van der Waals surface area contributed by atoms with Crippen molar-refractivity contribution in [3.63, 3.8) is 0 Å². The van der Waals surface area contributed by atoms with Gasteiger partial charge in [0.25, 0.3) is 0 Å². The summed E-state index contributed by atoms with van der Waals surface area (Å²) in [6.07, 6.45) is 6.50. The van der Waals surface area contributed by atoms with Crippen LogP contribution in [0.25, 0.3) is 0 Å². The Hall–Kier alpha value is -1.88. The zero-order valence-electron chi connectivity index (χ0n) is 19.3. The molecule has 0 aliphatic carbocycles. The first-order valence-corrected chi connectivity index (χ1v) is 11.4. The van der Waals surface area contributed by atoms with E-state index in [-0.39, 0.29) is 24.0 Å². The Kier molecular flexibility index (Phi) is 12.4. The molecule has 0 fully saturated rings. The number of benzene rings is 1. The lowest BCUT2D eigenvalue weighted by molar-refractivity contribution is 0.145. The third kappa shape index (κ3) is 8.57. The van der Waals surface area contributed by atoms with Gasteiger partial charge in [0.05, 0.1) is 13.7 Å². The van der Waals surface area contributed by atoms with Gasteiger partial charge in [0.1, 0.15) is 17.4 Å². The summed E-state index contributed by atoms with van der Waals surface area (Å²) in [7, 11) is 1.68. The molecule has 2 N–H and O–H groups in total. The minimum absolute atomic E-state index is 0. The molecule has 178 valence electrons. The Balaban J connectivity index is 0.00000363. The summed E-state index contributed by atoms with van der Waals surface area (Å²) in [5.41, 5.74) is 1.14. The van der Waals surface area contributed by atoms with Crippen LogP contribution in [0.4, 0.5) is 0 Å². The van der Waals surface area contributed by atoms with Crippen molar-refractivity contribution in [1.29, 1.82) is 0 Å². The predicted octanol–water partition coefficient (Wildman–Crippen LogP) is 3.34. The highest BCUT2D eigenvalue weighted by Crippen LogP contribution is 2.14. The van der Waals surface area contributed by atoms with Crippen molar-refractivity contribution in [3.05, 3.63) is 41.5 Å². The monoisotopic (exact) mass is 556 g/mol. The zero-order valence-corrected chi connectivity index (χ0v) is 21.6. The van der Waals surface area contributed by atoms with Gasteiger partial charge in [-0.1, -0.05) is 18.6 Å². The number of ether oxygens (including phenoxy) is 2. The number of aromatic nitrogens is 3. The largest absolute Gasteiger partial charge is 0.497 e. The second-order valence-electron chi connectivity index (χ2n) is 7.66. The lowest BCUT2D eigenvalue weighted by Gasteiger charge is -2.13. The molecule has 1 aliphatic rings. The van der Waals surface area contributed by atoms with Gasteiger partial charge in [-0.2, -0.15) is 0 Å². The number of halogens is 1. The highest BCUT2D eigenvalue weighted by Gasteiger charge is 2.14. The number of methoxy groups -OCH3 is 1. The topological polar surface area (TPSA) is 85.6 Å². The molecular formula is C23H37IN6O2. The Morgan fingerprint density at radius 3 is 2.69 bits per heavy atom. The molecule has 8 nitrogen and oxygen atoms in total. The molecule has 2 aromatic rings. The van der Waals surface area contributed by atoms with E-state index < -0.39 is 0 Å². The fourth-order valence-corrected chi connectivity index (χ4v) is 3.62. The number of rotatable bonds is 11. The third-order valence-electron chi connectivity index (χ3n) is 5.37. The van der Waals surface area contributed by atoms with Crippen LogP contribution in [0.2, 0.25) is 0 Å². The van der Waals surface area contributed by atoms with Crippen molar-refractivity contribution in [2.24, 2.45) is 4.99 Å².